The third-order valence-corrected chi connectivity index (χ3v) is 5.33. The second-order valence-electron chi connectivity index (χ2n) is 6.65. The number of carbonyl (C=O) groups is 1. The lowest BCUT2D eigenvalue weighted by molar-refractivity contribution is -0.121. The molecule has 1 atom stereocenters. The van der Waals surface area contributed by atoms with Crippen molar-refractivity contribution in [1.82, 2.24) is 9.88 Å². The number of rotatable bonds is 5. The number of hydrogen-bond donors (Lipinski definition) is 1. The van der Waals surface area contributed by atoms with E-state index in [1.54, 1.807) is 23.9 Å². The molecule has 6 heteroatoms. The molecule has 1 saturated heterocycles. The predicted octanol–water partition coefficient (Wildman–Crippen LogP) is 4.25. The molecule has 1 aliphatic heterocycles. The zero-order valence-electron chi connectivity index (χ0n) is 14.4. The smallest absolute Gasteiger partial charge is 0.228 e. The van der Waals surface area contributed by atoms with Gasteiger partial charge in [-0.2, -0.15) is 0 Å². The molecule has 0 bridgehead atoms. The van der Waals surface area contributed by atoms with E-state index in [4.69, 9.17) is 4.42 Å². The number of likely N-dealkylation sites (tertiary alicyclic amines) is 1. The number of carbonyl (C=O) groups excluding carboxylic acids is 1. The molecule has 1 aliphatic rings. The molecule has 0 saturated carbocycles. The van der Waals surface area contributed by atoms with Crippen molar-refractivity contribution < 1.29 is 9.21 Å². The van der Waals surface area contributed by atoms with E-state index in [9.17, 15) is 4.79 Å². The highest BCUT2D eigenvalue weighted by molar-refractivity contribution is 7.07. The average Bonchev–Trinajstić information content (AvgIpc) is 3.36. The van der Waals surface area contributed by atoms with Crippen LogP contribution in [0.5, 0.6) is 0 Å². The second-order valence-corrected chi connectivity index (χ2v) is 7.36. The Balaban J connectivity index is 1.35. The number of nitrogens with zero attached hydrogens (tertiary/aromatic N) is 2. The normalized spacial score (nSPS) is 17.9. The number of furan rings is 1. The topological polar surface area (TPSA) is 58.4 Å². The molecular weight excluding hydrogens is 346 g/mol. The van der Waals surface area contributed by atoms with Crippen LogP contribution in [0.25, 0.3) is 11.3 Å². The van der Waals surface area contributed by atoms with Gasteiger partial charge in [0.2, 0.25) is 5.91 Å². The SMILES string of the molecule is O=C(Nc1ccc(-c2cscn2)cc1)C1CCCN(Cc2ccoc2)C1. The Morgan fingerprint density at radius 1 is 1.31 bits per heavy atom. The molecule has 1 N–H and O–H groups in total. The minimum atomic E-state index is 0.0221. The standard InChI is InChI=1S/C20H21N3O2S/c24-20(17-2-1-8-23(11-17)10-15-7-9-25-12-15)22-18-5-3-16(4-6-18)19-13-26-14-21-19/h3-7,9,12-14,17H,1-2,8,10-11H2,(H,22,24). The van der Waals surface area contributed by atoms with E-state index in [2.05, 4.69) is 15.2 Å². The van der Waals surface area contributed by atoms with E-state index in [1.165, 1.54) is 0 Å². The highest BCUT2D eigenvalue weighted by Gasteiger charge is 2.26. The Morgan fingerprint density at radius 2 is 2.19 bits per heavy atom. The fraction of sp³-hybridized carbons (Fsp3) is 0.300. The van der Waals surface area contributed by atoms with Crippen LogP contribution in [0.4, 0.5) is 5.69 Å². The van der Waals surface area contributed by atoms with Gasteiger partial charge in [-0.3, -0.25) is 9.69 Å². The van der Waals surface area contributed by atoms with Crippen molar-refractivity contribution in [3.8, 4) is 11.3 Å². The molecule has 2 aromatic heterocycles. The van der Waals surface area contributed by atoms with Crippen molar-refractivity contribution in [1.29, 1.82) is 0 Å². The highest BCUT2D eigenvalue weighted by atomic mass is 32.1. The van der Waals surface area contributed by atoms with E-state index in [-0.39, 0.29) is 11.8 Å². The van der Waals surface area contributed by atoms with Crippen LogP contribution >= 0.6 is 11.3 Å². The Labute approximate surface area is 156 Å². The van der Waals surface area contributed by atoms with Gasteiger partial charge in [0, 0.05) is 35.3 Å². The number of amides is 1. The lowest BCUT2D eigenvalue weighted by Gasteiger charge is -2.31. The van der Waals surface area contributed by atoms with Gasteiger partial charge in [0.15, 0.2) is 0 Å². The van der Waals surface area contributed by atoms with Gasteiger partial charge in [0.25, 0.3) is 0 Å². The maximum atomic E-state index is 12.7. The average molecular weight is 367 g/mol. The van der Waals surface area contributed by atoms with Gasteiger partial charge < -0.3 is 9.73 Å². The summed E-state index contributed by atoms with van der Waals surface area (Å²) in [6.45, 7) is 2.65. The van der Waals surface area contributed by atoms with Gasteiger partial charge in [-0.1, -0.05) is 12.1 Å². The van der Waals surface area contributed by atoms with E-state index >= 15 is 0 Å². The van der Waals surface area contributed by atoms with E-state index in [0.717, 1.165) is 55.0 Å². The first-order valence-corrected chi connectivity index (χ1v) is 9.75. The van der Waals surface area contributed by atoms with E-state index < -0.39 is 0 Å². The summed E-state index contributed by atoms with van der Waals surface area (Å²) >= 11 is 1.58. The molecule has 1 aromatic carbocycles. The van der Waals surface area contributed by atoms with Crippen molar-refractivity contribution in [2.75, 3.05) is 18.4 Å². The Hall–Kier alpha value is -2.44. The summed E-state index contributed by atoms with van der Waals surface area (Å²) in [6.07, 6.45) is 5.44. The summed E-state index contributed by atoms with van der Waals surface area (Å²) < 4.78 is 5.14. The van der Waals surface area contributed by atoms with Crippen LogP contribution in [-0.2, 0) is 11.3 Å². The van der Waals surface area contributed by atoms with Crippen LogP contribution < -0.4 is 5.32 Å². The number of anilines is 1. The summed E-state index contributed by atoms with van der Waals surface area (Å²) in [7, 11) is 0. The Morgan fingerprint density at radius 3 is 2.92 bits per heavy atom. The van der Waals surface area contributed by atoms with Crippen LogP contribution in [-0.4, -0.2) is 28.9 Å². The molecule has 0 spiro atoms. The first kappa shape index (κ1) is 17.0. The molecular formula is C20H21N3O2S. The summed E-state index contributed by atoms with van der Waals surface area (Å²) in [5.74, 6) is 0.122. The minimum Gasteiger partial charge on any atom is -0.472 e. The maximum absolute atomic E-state index is 12.7. The third-order valence-electron chi connectivity index (χ3n) is 4.74. The number of thiazole rings is 1. The van der Waals surface area contributed by atoms with Gasteiger partial charge in [0.1, 0.15) is 0 Å². The predicted molar refractivity (Wildman–Crippen MR) is 103 cm³/mol. The van der Waals surface area contributed by atoms with Crippen LogP contribution in [0.15, 0.2) is 58.2 Å². The molecule has 1 amide bonds. The van der Waals surface area contributed by atoms with Crippen LogP contribution in [0.2, 0.25) is 0 Å². The Bertz CT molecular complexity index is 829. The first-order valence-electron chi connectivity index (χ1n) is 8.81. The molecule has 1 unspecified atom stereocenters. The van der Waals surface area contributed by atoms with Crippen molar-refractivity contribution >= 4 is 22.9 Å². The van der Waals surface area contributed by atoms with Gasteiger partial charge in [-0.25, -0.2) is 4.98 Å². The zero-order chi connectivity index (χ0) is 17.8. The highest BCUT2D eigenvalue weighted by Crippen LogP contribution is 2.23. The van der Waals surface area contributed by atoms with Crippen molar-refractivity contribution in [3.63, 3.8) is 0 Å². The van der Waals surface area contributed by atoms with Crippen LogP contribution in [0.1, 0.15) is 18.4 Å². The number of aromatic nitrogens is 1. The molecule has 5 nitrogen and oxygen atoms in total. The fourth-order valence-corrected chi connectivity index (χ4v) is 3.94. The molecule has 0 aliphatic carbocycles. The summed E-state index contributed by atoms with van der Waals surface area (Å²) in [5.41, 5.74) is 5.84. The molecule has 1 fully saturated rings. The molecule has 3 aromatic rings. The largest absolute Gasteiger partial charge is 0.472 e. The van der Waals surface area contributed by atoms with Crippen LogP contribution in [0.3, 0.4) is 0 Å². The summed E-state index contributed by atoms with van der Waals surface area (Å²) in [4.78, 5) is 19.3. The minimum absolute atomic E-state index is 0.0221. The molecule has 0 radical (unpaired) electrons. The molecule has 3 heterocycles. The first-order chi connectivity index (χ1) is 12.8. The van der Waals surface area contributed by atoms with Gasteiger partial charge in [0.05, 0.1) is 29.6 Å². The molecule has 26 heavy (non-hydrogen) atoms. The van der Waals surface area contributed by atoms with Gasteiger partial charge >= 0.3 is 0 Å². The number of hydrogen-bond acceptors (Lipinski definition) is 5. The van der Waals surface area contributed by atoms with Crippen LogP contribution in [0, 0.1) is 5.92 Å². The van der Waals surface area contributed by atoms with Crippen molar-refractivity contribution in [3.05, 3.63) is 59.3 Å². The number of piperidine rings is 1. The summed E-state index contributed by atoms with van der Waals surface area (Å²) in [6, 6.07) is 9.86. The summed E-state index contributed by atoms with van der Waals surface area (Å²) in [5, 5.41) is 5.08. The molecule has 134 valence electrons. The van der Waals surface area contributed by atoms with Crippen molar-refractivity contribution in [2.24, 2.45) is 5.92 Å². The second kappa shape index (κ2) is 7.85. The van der Waals surface area contributed by atoms with E-state index in [0.29, 0.717) is 0 Å². The number of nitrogens with one attached hydrogen (secondary N) is 1. The van der Waals surface area contributed by atoms with Crippen molar-refractivity contribution in [2.45, 2.75) is 19.4 Å². The quantitative estimate of drug-likeness (QED) is 0.732. The lowest BCUT2D eigenvalue weighted by Crippen LogP contribution is -2.40. The van der Waals surface area contributed by atoms with Gasteiger partial charge in [-0.15, -0.1) is 11.3 Å². The zero-order valence-corrected chi connectivity index (χ0v) is 15.2. The third kappa shape index (κ3) is 4.03. The monoisotopic (exact) mass is 367 g/mol. The number of benzene rings is 1. The lowest BCUT2D eigenvalue weighted by atomic mass is 9.96. The van der Waals surface area contributed by atoms with Gasteiger partial charge in [-0.05, 0) is 37.6 Å². The Kier molecular flexibility index (Phi) is 5.13. The fourth-order valence-electron chi connectivity index (χ4n) is 3.38. The van der Waals surface area contributed by atoms with E-state index in [1.807, 2.05) is 41.2 Å². The maximum Gasteiger partial charge on any atom is 0.228 e. The molecule has 4 rings (SSSR count).